The number of benzene rings is 1. The number of carbonyl (C=O) groups excluding carboxylic acids is 1. The molecule has 1 unspecified atom stereocenters. The molecule has 4 rings (SSSR count). The average Bonchev–Trinajstić information content (AvgIpc) is 3.24. The number of aryl methyl sites for hydroxylation is 2. The van der Waals surface area contributed by atoms with E-state index >= 15 is 0 Å². The summed E-state index contributed by atoms with van der Waals surface area (Å²) in [4.78, 5) is 28.5. The number of hydrogen-bond donors (Lipinski definition) is 2. The Morgan fingerprint density at radius 3 is 2.69 bits per heavy atom. The van der Waals surface area contributed by atoms with Gasteiger partial charge in [-0.2, -0.15) is 5.10 Å². The average molecular weight is 493 g/mol. The van der Waals surface area contributed by atoms with Crippen molar-refractivity contribution in [3.63, 3.8) is 0 Å². The highest BCUT2D eigenvalue weighted by Gasteiger charge is 2.28. The van der Waals surface area contributed by atoms with Crippen molar-refractivity contribution in [2.75, 3.05) is 0 Å². The van der Waals surface area contributed by atoms with Crippen LogP contribution in [0.15, 0.2) is 48.7 Å². The van der Waals surface area contributed by atoms with Crippen molar-refractivity contribution in [1.82, 2.24) is 20.1 Å². The number of nitrogens with zero attached hydrogens (tertiary/aromatic N) is 3. The van der Waals surface area contributed by atoms with Crippen LogP contribution in [-0.4, -0.2) is 38.0 Å². The standard InChI is InChI=1S/C27H32N4O5/c1-17-25(36-21-11-7-10-20(14-21)26(32)33)13-12-23(30-17)22-15-29-31(3)24(22)16-28-27(34)35-18(2)19-8-5-4-6-9-19/h4-6,8-9,12-13,15,18,20-21H,7,10-11,14,16H2,1-3H3,(H,28,34)(H,32,33)/t18-,20?,21+/m1/s1. The first-order valence-electron chi connectivity index (χ1n) is 12.2. The number of aliphatic carboxylic acids is 1. The molecule has 1 saturated carbocycles. The molecule has 1 aromatic carbocycles. The maximum atomic E-state index is 12.4. The lowest BCUT2D eigenvalue weighted by Crippen LogP contribution is -2.29. The van der Waals surface area contributed by atoms with E-state index in [1.807, 2.05) is 63.4 Å². The first-order chi connectivity index (χ1) is 17.3. The number of rotatable bonds is 8. The number of carboxylic acid groups (broad SMARTS) is 1. The fourth-order valence-electron chi connectivity index (χ4n) is 4.52. The number of ether oxygens (including phenoxy) is 2. The summed E-state index contributed by atoms with van der Waals surface area (Å²) < 4.78 is 13.3. The zero-order valence-corrected chi connectivity index (χ0v) is 20.8. The highest BCUT2D eigenvalue weighted by molar-refractivity contribution is 5.70. The van der Waals surface area contributed by atoms with Gasteiger partial charge < -0.3 is 19.9 Å². The van der Waals surface area contributed by atoms with E-state index < -0.39 is 12.1 Å². The quantitative estimate of drug-likeness (QED) is 0.464. The van der Waals surface area contributed by atoms with Gasteiger partial charge >= 0.3 is 12.1 Å². The van der Waals surface area contributed by atoms with Gasteiger partial charge in [0.15, 0.2) is 0 Å². The van der Waals surface area contributed by atoms with Crippen LogP contribution >= 0.6 is 0 Å². The Morgan fingerprint density at radius 1 is 1.19 bits per heavy atom. The molecule has 2 aromatic heterocycles. The van der Waals surface area contributed by atoms with Crippen molar-refractivity contribution in [3.8, 4) is 17.0 Å². The van der Waals surface area contributed by atoms with Gasteiger partial charge in [0.1, 0.15) is 11.9 Å². The van der Waals surface area contributed by atoms with Gasteiger partial charge in [0, 0.05) is 12.6 Å². The van der Waals surface area contributed by atoms with Crippen molar-refractivity contribution >= 4 is 12.1 Å². The smallest absolute Gasteiger partial charge is 0.408 e. The minimum Gasteiger partial charge on any atom is -0.489 e. The summed E-state index contributed by atoms with van der Waals surface area (Å²) in [6.07, 6.45) is 3.58. The summed E-state index contributed by atoms with van der Waals surface area (Å²) in [5, 5.41) is 16.5. The van der Waals surface area contributed by atoms with Gasteiger partial charge in [0.05, 0.1) is 41.8 Å². The van der Waals surface area contributed by atoms with Gasteiger partial charge in [-0.1, -0.05) is 30.3 Å². The van der Waals surface area contributed by atoms with E-state index in [0.29, 0.717) is 30.0 Å². The molecule has 1 aliphatic carbocycles. The maximum Gasteiger partial charge on any atom is 0.408 e. The molecule has 3 aromatic rings. The van der Waals surface area contributed by atoms with E-state index in [-0.39, 0.29) is 24.7 Å². The van der Waals surface area contributed by atoms with Crippen LogP contribution in [0.25, 0.3) is 11.3 Å². The van der Waals surface area contributed by atoms with Crippen LogP contribution in [0.1, 0.15) is 55.7 Å². The number of aromatic nitrogens is 3. The molecule has 0 radical (unpaired) electrons. The van der Waals surface area contributed by atoms with Gasteiger partial charge in [-0.15, -0.1) is 0 Å². The Balaban J connectivity index is 1.40. The van der Waals surface area contributed by atoms with Crippen LogP contribution in [0.2, 0.25) is 0 Å². The lowest BCUT2D eigenvalue weighted by Gasteiger charge is -2.27. The van der Waals surface area contributed by atoms with Crippen LogP contribution in [0, 0.1) is 12.8 Å². The monoisotopic (exact) mass is 492 g/mol. The number of amides is 1. The van der Waals surface area contributed by atoms with Crippen LogP contribution in [0.3, 0.4) is 0 Å². The number of alkyl carbamates (subject to hydrolysis) is 1. The van der Waals surface area contributed by atoms with Crippen LogP contribution in [0.5, 0.6) is 5.75 Å². The van der Waals surface area contributed by atoms with Gasteiger partial charge in [0.2, 0.25) is 0 Å². The molecular weight excluding hydrogens is 460 g/mol. The fraction of sp³-hybridized carbons (Fsp3) is 0.407. The van der Waals surface area contributed by atoms with Gasteiger partial charge in [0.25, 0.3) is 0 Å². The van der Waals surface area contributed by atoms with Crippen molar-refractivity contribution in [2.24, 2.45) is 13.0 Å². The summed E-state index contributed by atoms with van der Waals surface area (Å²) in [5.41, 5.74) is 3.93. The molecule has 0 bridgehead atoms. The largest absolute Gasteiger partial charge is 0.489 e. The van der Waals surface area contributed by atoms with E-state index in [2.05, 4.69) is 10.4 Å². The third-order valence-corrected chi connectivity index (χ3v) is 6.60. The number of pyridine rings is 1. The lowest BCUT2D eigenvalue weighted by atomic mass is 9.87. The summed E-state index contributed by atoms with van der Waals surface area (Å²) in [5.74, 6) is -0.467. The molecule has 9 nitrogen and oxygen atoms in total. The SMILES string of the molecule is Cc1nc(-c2cnn(C)c2CNC(=O)O[C@H](C)c2ccccc2)ccc1O[C@H]1CCCC(C(=O)O)C1. The first-order valence-corrected chi connectivity index (χ1v) is 12.2. The van der Waals surface area contributed by atoms with Crippen LogP contribution in [0.4, 0.5) is 4.79 Å². The van der Waals surface area contributed by atoms with Gasteiger partial charge in [-0.05, 0) is 57.2 Å². The zero-order valence-electron chi connectivity index (χ0n) is 20.8. The zero-order chi connectivity index (χ0) is 25.7. The topological polar surface area (TPSA) is 116 Å². The highest BCUT2D eigenvalue weighted by Crippen LogP contribution is 2.31. The van der Waals surface area contributed by atoms with E-state index in [9.17, 15) is 14.7 Å². The molecule has 190 valence electrons. The summed E-state index contributed by atoms with van der Waals surface area (Å²) in [7, 11) is 1.81. The molecule has 0 saturated heterocycles. The number of carboxylic acids is 1. The molecule has 2 heterocycles. The number of hydrogen-bond acceptors (Lipinski definition) is 6. The highest BCUT2D eigenvalue weighted by atomic mass is 16.6. The van der Waals surface area contributed by atoms with E-state index in [1.165, 1.54) is 0 Å². The molecule has 9 heteroatoms. The third-order valence-electron chi connectivity index (χ3n) is 6.60. The second-order valence-electron chi connectivity index (χ2n) is 9.16. The fourth-order valence-corrected chi connectivity index (χ4v) is 4.52. The van der Waals surface area contributed by atoms with E-state index in [0.717, 1.165) is 29.7 Å². The van der Waals surface area contributed by atoms with Gasteiger partial charge in [-0.25, -0.2) is 9.78 Å². The molecule has 3 atom stereocenters. The van der Waals surface area contributed by atoms with Crippen LogP contribution < -0.4 is 10.1 Å². The molecule has 1 aliphatic rings. The summed E-state index contributed by atoms with van der Waals surface area (Å²) >= 11 is 0. The number of nitrogens with one attached hydrogen (secondary N) is 1. The summed E-state index contributed by atoms with van der Waals surface area (Å²) in [6, 6.07) is 13.3. The number of carbonyl (C=O) groups is 2. The Hall–Kier alpha value is -3.88. The molecule has 1 amide bonds. The van der Waals surface area contributed by atoms with Crippen molar-refractivity contribution < 1.29 is 24.2 Å². The molecule has 36 heavy (non-hydrogen) atoms. The lowest BCUT2D eigenvalue weighted by molar-refractivity contribution is -0.143. The Labute approximate surface area is 210 Å². The molecule has 0 aliphatic heterocycles. The normalized spacial score (nSPS) is 18.3. The Morgan fingerprint density at radius 2 is 1.97 bits per heavy atom. The van der Waals surface area contributed by atoms with Gasteiger partial charge in [-0.3, -0.25) is 9.48 Å². The molecular formula is C27H32N4O5. The maximum absolute atomic E-state index is 12.4. The molecule has 0 spiro atoms. The van der Waals surface area contributed by atoms with E-state index in [1.54, 1.807) is 10.9 Å². The minimum atomic E-state index is -0.760. The second-order valence-corrected chi connectivity index (χ2v) is 9.16. The second kappa shape index (κ2) is 11.2. The minimum absolute atomic E-state index is 0.131. The Kier molecular flexibility index (Phi) is 7.87. The van der Waals surface area contributed by atoms with Crippen LogP contribution in [-0.2, 0) is 23.1 Å². The van der Waals surface area contributed by atoms with Crippen molar-refractivity contribution in [3.05, 3.63) is 65.6 Å². The van der Waals surface area contributed by atoms with E-state index in [4.69, 9.17) is 14.5 Å². The van der Waals surface area contributed by atoms with Crippen molar-refractivity contribution in [1.29, 1.82) is 0 Å². The van der Waals surface area contributed by atoms with Crippen molar-refractivity contribution in [2.45, 2.75) is 58.3 Å². The predicted molar refractivity (Wildman–Crippen MR) is 133 cm³/mol. The first kappa shape index (κ1) is 25.2. The summed E-state index contributed by atoms with van der Waals surface area (Å²) in [6.45, 7) is 3.92. The third kappa shape index (κ3) is 6.02. The molecule has 2 N–H and O–H groups in total. The molecule has 1 fully saturated rings. The Bertz CT molecular complexity index is 1210. The predicted octanol–water partition coefficient (Wildman–Crippen LogP) is 4.80.